The summed E-state index contributed by atoms with van der Waals surface area (Å²) in [5.41, 5.74) is 7.87. The number of nitrogens with one attached hydrogen (secondary N) is 1. The number of fused-ring (bicyclic) bond motifs is 1. The molecule has 4 heteroatoms. The summed E-state index contributed by atoms with van der Waals surface area (Å²) in [6.45, 7) is 4.18. The Morgan fingerprint density at radius 3 is 2.89 bits per heavy atom. The maximum absolute atomic E-state index is 12.1. The van der Waals surface area contributed by atoms with E-state index >= 15 is 0 Å². The second-order valence-electron chi connectivity index (χ2n) is 5.14. The Hall–Kier alpha value is -1.55. The number of nitrogens with two attached hydrogens (primary N) is 1. The van der Waals surface area contributed by atoms with Crippen LogP contribution in [0.3, 0.4) is 0 Å². The molecular formula is C14H16N2OS. The number of carbonyl (C=O) groups is 1. The largest absolute Gasteiger partial charge is 0.397 e. The minimum atomic E-state index is -0.0271. The highest BCUT2D eigenvalue weighted by Crippen LogP contribution is 2.35. The highest BCUT2D eigenvalue weighted by molar-refractivity contribution is 7.21. The zero-order valence-corrected chi connectivity index (χ0v) is 11.3. The monoisotopic (exact) mass is 260 g/mol. The van der Waals surface area contributed by atoms with Crippen molar-refractivity contribution in [2.24, 2.45) is 5.92 Å². The van der Waals surface area contributed by atoms with Crippen LogP contribution in [0.5, 0.6) is 0 Å². The Bertz CT molecular complexity index is 632. The lowest BCUT2D eigenvalue weighted by molar-refractivity contribution is 0.0954. The Balaban J connectivity index is 1.96. The first kappa shape index (κ1) is 11.5. The summed E-state index contributed by atoms with van der Waals surface area (Å²) in [5, 5.41) is 4.01. The van der Waals surface area contributed by atoms with Gasteiger partial charge in [0.05, 0.1) is 5.69 Å². The van der Waals surface area contributed by atoms with E-state index in [9.17, 15) is 4.79 Å². The molecule has 0 radical (unpaired) electrons. The van der Waals surface area contributed by atoms with Gasteiger partial charge in [-0.15, -0.1) is 11.3 Å². The fraction of sp³-hybridized carbons (Fsp3) is 0.357. The van der Waals surface area contributed by atoms with Gasteiger partial charge in [-0.3, -0.25) is 4.79 Å². The van der Waals surface area contributed by atoms with Crippen molar-refractivity contribution < 1.29 is 4.79 Å². The number of rotatable bonds is 2. The van der Waals surface area contributed by atoms with Crippen LogP contribution in [0.2, 0.25) is 0 Å². The molecule has 0 bridgehead atoms. The van der Waals surface area contributed by atoms with Gasteiger partial charge in [-0.05, 0) is 30.9 Å². The number of carbonyl (C=O) groups excluding carboxylic acids is 1. The van der Waals surface area contributed by atoms with Gasteiger partial charge in [-0.25, -0.2) is 0 Å². The van der Waals surface area contributed by atoms with Crippen molar-refractivity contribution in [3.63, 3.8) is 0 Å². The van der Waals surface area contributed by atoms with E-state index in [1.165, 1.54) is 16.9 Å². The zero-order chi connectivity index (χ0) is 12.9. The first-order valence-electron chi connectivity index (χ1n) is 6.15. The van der Waals surface area contributed by atoms with Crippen LogP contribution < -0.4 is 11.1 Å². The molecule has 0 saturated heterocycles. The molecular weight excluding hydrogens is 244 g/mol. The number of benzene rings is 1. The molecule has 2 atom stereocenters. The first-order valence-corrected chi connectivity index (χ1v) is 6.97. The highest BCUT2D eigenvalue weighted by atomic mass is 32.1. The zero-order valence-electron chi connectivity index (χ0n) is 10.5. The minimum Gasteiger partial charge on any atom is -0.397 e. The highest BCUT2D eigenvalue weighted by Gasteiger charge is 2.34. The van der Waals surface area contributed by atoms with Gasteiger partial charge < -0.3 is 11.1 Å². The summed E-state index contributed by atoms with van der Waals surface area (Å²) < 4.78 is 1.08. The fourth-order valence-corrected chi connectivity index (χ4v) is 3.27. The molecule has 3 N–H and O–H groups in total. The van der Waals surface area contributed by atoms with Gasteiger partial charge in [0.25, 0.3) is 5.91 Å². The van der Waals surface area contributed by atoms with Crippen LogP contribution in [0.15, 0.2) is 18.2 Å². The molecule has 1 aliphatic rings. The van der Waals surface area contributed by atoms with E-state index in [0.717, 1.165) is 16.5 Å². The number of aryl methyl sites for hydroxylation is 1. The number of nitrogen functional groups attached to an aromatic ring is 1. The number of hydrogen-bond donors (Lipinski definition) is 2. The number of amides is 1. The summed E-state index contributed by atoms with van der Waals surface area (Å²) in [7, 11) is 0. The second kappa shape index (κ2) is 3.99. The molecule has 2 unspecified atom stereocenters. The van der Waals surface area contributed by atoms with E-state index in [2.05, 4.69) is 18.3 Å². The van der Waals surface area contributed by atoms with E-state index in [0.29, 0.717) is 22.5 Å². The van der Waals surface area contributed by atoms with Crippen molar-refractivity contribution in [3.05, 3.63) is 28.6 Å². The average Bonchev–Trinajstić information content (AvgIpc) is 2.89. The van der Waals surface area contributed by atoms with Crippen molar-refractivity contribution in [1.82, 2.24) is 5.32 Å². The molecule has 1 amide bonds. The van der Waals surface area contributed by atoms with Gasteiger partial charge in [0.15, 0.2) is 0 Å². The van der Waals surface area contributed by atoms with E-state index in [1.807, 2.05) is 19.1 Å². The maximum atomic E-state index is 12.1. The third-order valence-electron chi connectivity index (χ3n) is 3.52. The van der Waals surface area contributed by atoms with Crippen molar-refractivity contribution >= 4 is 33.0 Å². The Labute approximate surface area is 110 Å². The SMILES string of the molecule is Cc1ccc2c(N)c(C(=O)NC3CC3C)sc2c1. The van der Waals surface area contributed by atoms with Crippen LogP contribution in [-0.2, 0) is 0 Å². The van der Waals surface area contributed by atoms with Gasteiger partial charge in [-0.2, -0.15) is 0 Å². The molecule has 1 aromatic heterocycles. The van der Waals surface area contributed by atoms with Gasteiger partial charge in [-0.1, -0.05) is 19.1 Å². The lowest BCUT2D eigenvalue weighted by atomic mass is 10.1. The van der Waals surface area contributed by atoms with Gasteiger partial charge >= 0.3 is 0 Å². The molecule has 3 rings (SSSR count). The molecule has 0 spiro atoms. The number of anilines is 1. The molecule has 3 nitrogen and oxygen atoms in total. The Morgan fingerprint density at radius 1 is 1.50 bits per heavy atom. The lowest BCUT2D eigenvalue weighted by Gasteiger charge is -2.02. The third-order valence-corrected chi connectivity index (χ3v) is 4.68. The molecule has 94 valence electrons. The van der Waals surface area contributed by atoms with Gasteiger partial charge in [0.2, 0.25) is 0 Å². The molecule has 18 heavy (non-hydrogen) atoms. The summed E-state index contributed by atoms with van der Waals surface area (Å²) in [6.07, 6.45) is 1.08. The van der Waals surface area contributed by atoms with E-state index in [4.69, 9.17) is 5.73 Å². The van der Waals surface area contributed by atoms with Crippen LogP contribution in [-0.4, -0.2) is 11.9 Å². The lowest BCUT2D eigenvalue weighted by Crippen LogP contribution is -2.26. The summed E-state index contributed by atoms with van der Waals surface area (Å²) in [6, 6.07) is 6.43. The number of hydrogen-bond acceptors (Lipinski definition) is 3. The second-order valence-corrected chi connectivity index (χ2v) is 6.19. The topological polar surface area (TPSA) is 55.1 Å². The molecule has 0 aliphatic heterocycles. The molecule has 2 aromatic rings. The van der Waals surface area contributed by atoms with Crippen LogP contribution in [0.4, 0.5) is 5.69 Å². The summed E-state index contributed by atoms with van der Waals surface area (Å²) in [5.74, 6) is 0.576. The predicted molar refractivity (Wildman–Crippen MR) is 76.0 cm³/mol. The standard InChI is InChI=1S/C14H16N2OS/c1-7-3-4-9-11(5-7)18-13(12(9)15)14(17)16-10-6-8(10)2/h3-5,8,10H,6,15H2,1-2H3,(H,16,17). The van der Waals surface area contributed by atoms with Gasteiger partial charge in [0.1, 0.15) is 4.88 Å². The van der Waals surface area contributed by atoms with Crippen molar-refractivity contribution in [2.45, 2.75) is 26.3 Å². The Morgan fingerprint density at radius 2 is 2.22 bits per heavy atom. The normalized spacial score (nSPS) is 22.1. The maximum Gasteiger partial charge on any atom is 0.263 e. The van der Waals surface area contributed by atoms with Crippen molar-refractivity contribution in [3.8, 4) is 0 Å². The first-order chi connectivity index (χ1) is 8.56. The summed E-state index contributed by atoms with van der Waals surface area (Å²) in [4.78, 5) is 12.8. The van der Waals surface area contributed by atoms with E-state index < -0.39 is 0 Å². The molecule has 1 heterocycles. The van der Waals surface area contributed by atoms with Crippen molar-refractivity contribution in [2.75, 3.05) is 5.73 Å². The number of thiophene rings is 1. The Kier molecular flexibility index (Phi) is 2.55. The van der Waals surface area contributed by atoms with Crippen LogP contribution in [0.25, 0.3) is 10.1 Å². The summed E-state index contributed by atoms with van der Waals surface area (Å²) >= 11 is 1.48. The van der Waals surface area contributed by atoms with Crippen molar-refractivity contribution in [1.29, 1.82) is 0 Å². The van der Waals surface area contributed by atoms with Crippen LogP contribution in [0, 0.1) is 12.8 Å². The van der Waals surface area contributed by atoms with Gasteiger partial charge in [0, 0.05) is 16.1 Å². The fourth-order valence-electron chi connectivity index (χ4n) is 2.15. The molecule has 1 aromatic carbocycles. The molecule has 1 fully saturated rings. The van der Waals surface area contributed by atoms with Crippen LogP contribution >= 0.6 is 11.3 Å². The van der Waals surface area contributed by atoms with E-state index in [1.54, 1.807) is 0 Å². The molecule has 1 saturated carbocycles. The predicted octanol–water partition coefficient (Wildman–Crippen LogP) is 2.93. The quantitative estimate of drug-likeness (QED) is 0.872. The third kappa shape index (κ3) is 1.86. The average molecular weight is 260 g/mol. The van der Waals surface area contributed by atoms with Crippen LogP contribution in [0.1, 0.15) is 28.6 Å². The minimum absolute atomic E-state index is 0.0271. The van der Waals surface area contributed by atoms with E-state index in [-0.39, 0.29) is 5.91 Å². The molecule has 1 aliphatic carbocycles. The smallest absolute Gasteiger partial charge is 0.263 e.